The van der Waals surface area contributed by atoms with E-state index < -0.39 is 10.0 Å². The van der Waals surface area contributed by atoms with Crippen LogP contribution >= 0.6 is 11.8 Å². The normalized spacial score (nSPS) is 15.3. The number of nitrogens with one attached hydrogen (secondary N) is 2. The zero-order valence-electron chi connectivity index (χ0n) is 16.6. The molecule has 1 fully saturated rings. The van der Waals surface area contributed by atoms with Gasteiger partial charge in [0, 0.05) is 31.8 Å². The third kappa shape index (κ3) is 6.28. The Morgan fingerprint density at radius 3 is 2.59 bits per heavy atom. The Kier molecular flexibility index (Phi) is 7.68. The van der Waals surface area contributed by atoms with Gasteiger partial charge in [-0.1, -0.05) is 30.3 Å². The number of rotatable bonds is 9. The molecule has 1 amide bonds. The molecule has 0 radical (unpaired) electrons. The monoisotopic (exact) mass is 437 g/mol. The number of H-pyrrole nitrogens is 1. The highest BCUT2D eigenvalue weighted by atomic mass is 32.2. The molecule has 2 aromatic rings. The number of aromatic nitrogens is 3. The highest BCUT2D eigenvalue weighted by Crippen LogP contribution is 2.21. The van der Waals surface area contributed by atoms with Gasteiger partial charge in [-0.05, 0) is 43.9 Å². The molecule has 8 nitrogen and oxygen atoms in total. The van der Waals surface area contributed by atoms with Crippen molar-refractivity contribution >= 4 is 27.7 Å². The number of amides is 1. The summed E-state index contributed by atoms with van der Waals surface area (Å²) >= 11 is 1.48. The number of hydrogen-bond acceptors (Lipinski definition) is 6. The summed E-state index contributed by atoms with van der Waals surface area (Å²) in [5, 5.41) is 10.4. The van der Waals surface area contributed by atoms with E-state index in [0.717, 1.165) is 30.7 Å². The first-order valence-electron chi connectivity index (χ1n) is 9.83. The first-order chi connectivity index (χ1) is 13.9. The molecule has 2 N–H and O–H groups in total. The predicted molar refractivity (Wildman–Crippen MR) is 112 cm³/mol. The van der Waals surface area contributed by atoms with Crippen molar-refractivity contribution in [1.29, 1.82) is 0 Å². The minimum atomic E-state index is -3.41. The summed E-state index contributed by atoms with van der Waals surface area (Å²) in [5.41, 5.74) is 0.948. The molecule has 1 aromatic carbocycles. The van der Waals surface area contributed by atoms with E-state index in [4.69, 9.17) is 0 Å². The highest BCUT2D eigenvalue weighted by molar-refractivity contribution is 7.99. The van der Waals surface area contributed by atoms with Crippen molar-refractivity contribution in [3.05, 3.63) is 35.7 Å². The number of sulfonamides is 1. The van der Waals surface area contributed by atoms with Crippen LogP contribution in [-0.2, 0) is 21.2 Å². The average molecular weight is 438 g/mol. The smallest absolute Gasteiger partial charge is 0.243 e. The molecule has 1 aliphatic heterocycles. The highest BCUT2D eigenvalue weighted by Gasteiger charge is 2.25. The van der Waals surface area contributed by atoms with Gasteiger partial charge in [0.1, 0.15) is 5.82 Å². The Labute approximate surface area is 175 Å². The van der Waals surface area contributed by atoms with Crippen molar-refractivity contribution < 1.29 is 13.2 Å². The lowest BCUT2D eigenvalue weighted by molar-refractivity contribution is -0.120. The Morgan fingerprint density at radius 2 is 1.93 bits per heavy atom. The summed E-state index contributed by atoms with van der Waals surface area (Å²) in [6.07, 6.45) is 3.86. The number of carbonyl (C=O) groups excluding carboxylic acids is 1. The molecule has 0 bridgehead atoms. The maximum Gasteiger partial charge on any atom is 0.243 e. The summed E-state index contributed by atoms with van der Waals surface area (Å²) in [6.45, 7) is 3.58. The number of aromatic amines is 1. The minimum absolute atomic E-state index is 0.0261. The first kappa shape index (κ1) is 21.8. The summed E-state index contributed by atoms with van der Waals surface area (Å²) in [4.78, 5) is 16.5. The van der Waals surface area contributed by atoms with Crippen LogP contribution in [0.25, 0.3) is 0 Å². The topological polar surface area (TPSA) is 108 Å². The van der Waals surface area contributed by atoms with Gasteiger partial charge in [0.15, 0.2) is 0 Å². The molecule has 3 rings (SSSR count). The standard InChI is InChI=1S/C19H27N5O3S2/c1-15-21-19(23-22-15)28-14-11-20-18(25)10-7-16-5-8-17(9-6-16)29(26,27)24-12-3-2-4-13-24/h5-6,8-9H,2-4,7,10-14H2,1H3,(H,20,25)(H,21,22,23). The van der Waals surface area contributed by atoms with E-state index in [1.54, 1.807) is 28.6 Å². The fourth-order valence-electron chi connectivity index (χ4n) is 3.15. The summed E-state index contributed by atoms with van der Waals surface area (Å²) in [7, 11) is -3.41. The van der Waals surface area contributed by atoms with Crippen molar-refractivity contribution in [3.8, 4) is 0 Å². The summed E-state index contributed by atoms with van der Waals surface area (Å²) in [6, 6.07) is 6.89. The second-order valence-corrected chi connectivity index (χ2v) is 10.0. The molecule has 0 saturated carbocycles. The molecule has 1 saturated heterocycles. The van der Waals surface area contributed by atoms with Crippen LogP contribution < -0.4 is 5.32 Å². The van der Waals surface area contributed by atoms with Gasteiger partial charge < -0.3 is 5.32 Å². The lowest BCUT2D eigenvalue weighted by atomic mass is 10.1. The van der Waals surface area contributed by atoms with Crippen molar-refractivity contribution in [2.75, 3.05) is 25.4 Å². The van der Waals surface area contributed by atoms with Crippen molar-refractivity contribution in [2.45, 2.75) is 49.1 Å². The van der Waals surface area contributed by atoms with Gasteiger partial charge in [-0.25, -0.2) is 13.4 Å². The minimum Gasteiger partial charge on any atom is -0.355 e. The molecule has 2 heterocycles. The van der Waals surface area contributed by atoms with Gasteiger partial charge >= 0.3 is 0 Å². The third-order valence-electron chi connectivity index (χ3n) is 4.75. The Balaban J connectivity index is 1.40. The van der Waals surface area contributed by atoms with Crippen molar-refractivity contribution in [2.24, 2.45) is 0 Å². The number of hydrogen-bond donors (Lipinski definition) is 2. The van der Waals surface area contributed by atoms with E-state index in [2.05, 4.69) is 20.5 Å². The fraction of sp³-hybridized carbons (Fsp3) is 0.526. The first-order valence-corrected chi connectivity index (χ1v) is 12.3. The van der Waals surface area contributed by atoms with Crippen LogP contribution in [0.2, 0.25) is 0 Å². The molecule has 0 spiro atoms. The van der Waals surface area contributed by atoms with Gasteiger partial charge in [-0.2, -0.15) is 4.31 Å². The number of carbonyl (C=O) groups is 1. The lowest BCUT2D eigenvalue weighted by Gasteiger charge is -2.25. The molecule has 0 aliphatic carbocycles. The summed E-state index contributed by atoms with van der Waals surface area (Å²) < 4.78 is 26.9. The van der Waals surface area contributed by atoms with Crippen LogP contribution in [0.15, 0.2) is 34.3 Å². The second kappa shape index (κ2) is 10.2. The van der Waals surface area contributed by atoms with Crippen molar-refractivity contribution in [1.82, 2.24) is 24.8 Å². The molecule has 1 aromatic heterocycles. The zero-order chi connectivity index (χ0) is 20.7. The van der Waals surface area contributed by atoms with E-state index in [0.29, 0.717) is 48.3 Å². The van der Waals surface area contributed by atoms with E-state index in [1.165, 1.54) is 11.8 Å². The number of benzene rings is 1. The van der Waals surface area contributed by atoms with E-state index in [-0.39, 0.29) is 5.91 Å². The van der Waals surface area contributed by atoms with Gasteiger partial charge in [0.25, 0.3) is 0 Å². The third-order valence-corrected chi connectivity index (χ3v) is 7.51. The van der Waals surface area contributed by atoms with Gasteiger partial charge in [0.05, 0.1) is 4.90 Å². The fourth-order valence-corrected chi connectivity index (χ4v) is 5.36. The van der Waals surface area contributed by atoms with Crippen LogP contribution in [0.5, 0.6) is 0 Å². The number of piperidine rings is 1. The second-order valence-electron chi connectivity index (χ2n) is 7.01. The van der Waals surface area contributed by atoms with Crippen LogP contribution in [0.3, 0.4) is 0 Å². The molecule has 158 valence electrons. The molecule has 0 unspecified atom stereocenters. The number of thioether (sulfide) groups is 1. The number of aryl methyl sites for hydroxylation is 2. The molecule has 29 heavy (non-hydrogen) atoms. The Bertz CT molecular complexity index is 906. The summed E-state index contributed by atoms with van der Waals surface area (Å²) in [5.74, 6) is 1.44. The molecular formula is C19H27N5O3S2. The Morgan fingerprint density at radius 1 is 1.21 bits per heavy atom. The Hall–Kier alpha value is -1.91. The maximum absolute atomic E-state index is 12.7. The van der Waals surface area contributed by atoms with Crippen LogP contribution in [0, 0.1) is 6.92 Å². The molecule has 0 atom stereocenters. The van der Waals surface area contributed by atoms with E-state index in [1.807, 2.05) is 6.92 Å². The number of nitrogens with zero attached hydrogens (tertiary/aromatic N) is 3. The van der Waals surface area contributed by atoms with Gasteiger partial charge in [-0.15, -0.1) is 5.10 Å². The zero-order valence-corrected chi connectivity index (χ0v) is 18.2. The SMILES string of the molecule is Cc1nc(SCCNC(=O)CCc2ccc(S(=O)(=O)N3CCCCC3)cc2)n[nH]1. The largest absolute Gasteiger partial charge is 0.355 e. The van der Waals surface area contributed by atoms with E-state index >= 15 is 0 Å². The van der Waals surface area contributed by atoms with Gasteiger partial charge in [-0.3, -0.25) is 9.89 Å². The lowest BCUT2D eigenvalue weighted by Crippen LogP contribution is -2.35. The molecule has 1 aliphatic rings. The van der Waals surface area contributed by atoms with Crippen LogP contribution in [0.1, 0.15) is 37.1 Å². The van der Waals surface area contributed by atoms with Gasteiger partial charge in [0.2, 0.25) is 21.1 Å². The average Bonchev–Trinajstić information content (AvgIpc) is 3.15. The van der Waals surface area contributed by atoms with E-state index in [9.17, 15) is 13.2 Å². The molecule has 10 heteroatoms. The predicted octanol–water partition coefficient (Wildman–Crippen LogP) is 2.13. The quantitative estimate of drug-likeness (QED) is 0.460. The molecular weight excluding hydrogens is 410 g/mol. The maximum atomic E-state index is 12.7. The van der Waals surface area contributed by atoms with Crippen LogP contribution in [-0.4, -0.2) is 59.2 Å². The van der Waals surface area contributed by atoms with Crippen LogP contribution in [0.4, 0.5) is 0 Å². The van der Waals surface area contributed by atoms with Crippen molar-refractivity contribution in [3.63, 3.8) is 0 Å².